The van der Waals surface area contributed by atoms with Crippen LogP contribution in [0.1, 0.15) is 58.2 Å². The van der Waals surface area contributed by atoms with Gasteiger partial charge in [-0.2, -0.15) is 0 Å². The van der Waals surface area contributed by atoms with E-state index in [9.17, 15) is 14.4 Å². The maximum absolute atomic E-state index is 13.1. The lowest BCUT2D eigenvalue weighted by Crippen LogP contribution is -2.32. The van der Waals surface area contributed by atoms with Crippen LogP contribution in [0.5, 0.6) is 5.75 Å². The zero-order valence-electron chi connectivity index (χ0n) is 23.1. The molecule has 1 saturated heterocycles. The van der Waals surface area contributed by atoms with Gasteiger partial charge in [-0.15, -0.1) is 0 Å². The van der Waals surface area contributed by atoms with E-state index in [1.54, 1.807) is 18.2 Å². The highest BCUT2D eigenvalue weighted by atomic mass is 32.2. The summed E-state index contributed by atoms with van der Waals surface area (Å²) in [6, 6.07) is 15.2. The number of carbonyl (C=O) groups is 3. The Morgan fingerprint density at radius 3 is 2.44 bits per heavy atom. The average molecular weight is 547 g/mol. The second-order valence-corrected chi connectivity index (χ2v) is 10.6. The van der Waals surface area contributed by atoms with Crippen LogP contribution >= 0.6 is 11.8 Å². The highest BCUT2D eigenvalue weighted by Gasteiger charge is 2.35. The van der Waals surface area contributed by atoms with Crippen LogP contribution in [-0.4, -0.2) is 46.3 Å². The molecular formula is C31H34N2O5S. The molecule has 0 spiro atoms. The number of ether oxygens (including phenoxy) is 2. The molecule has 0 atom stereocenters. The number of esters is 1. The van der Waals surface area contributed by atoms with E-state index in [-0.39, 0.29) is 30.3 Å². The van der Waals surface area contributed by atoms with Gasteiger partial charge in [0.25, 0.3) is 11.1 Å². The minimum absolute atomic E-state index is 0.182. The van der Waals surface area contributed by atoms with Crippen molar-refractivity contribution in [3.05, 3.63) is 87.1 Å². The standard InChI is InChI=1S/C31H34N2O5S/c1-6-7-15-38-30(35)24-10-12-26(13-11-24)33-22(4)18-25(23(33)5)19-28-29(34)32(31(36)39-28)14-16-37-27-17-20(2)8-9-21(27)3/h8-13,17-19H,6-7,14-16H2,1-5H3/b28-19-. The number of hydrogen-bond donors (Lipinski definition) is 0. The van der Waals surface area contributed by atoms with Crippen molar-refractivity contribution in [2.24, 2.45) is 0 Å². The largest absolute Gasteiger partial charge is 0.491 e. The van der Waals surface area contributed by atoms with E-state index < -0.39 is 0 Å². The number of hydrogen-bond acceptors (Lipinski definition) is 6. The Morgan fingerprint density at radius 1 is 0.974 bits per heavy atom. The molecular weight excluding hydrogens is 512 g/mol. The molecule has 0 radical (unpaired) electrons. The molecule has 2 aromatic carbocycles. The van der Waals surface area contributed by atoms with E-state index in [2.05, 4.69) is 4.57 Å². The van der Waals surface area contributed by atoms with Crippen molar-refractivity contribution in [1.82, 2.24) is 9.47 Å². The number of benzene rings is 2. The lowest BCUT2D eigenvalue weighted by atomic mass is 10.1. The molecule has 204 valence electrons. The van der Waals surface area contributed by atoms with E-state index in [0.717, 1.165) is 64.1 Å². The van der Waals surface area contributed by atoms with Gasteiger partial charge in [0, 0.05) is 17.1 Å². The summed E-state index contributed by atoms with van der Waals surface area (Å²) in [5, 5.41) is -0.300. The van der Waals surface area contributed by atoms with Crippen molar-refractivity contribution >= 4 is 35.0 Å². The molecule has 0 bridgehead atoms. The predicted molar refractivity (Wildman–Crippen MR) is 155 cm³/mol. The van der Waals surface area contributed by atoms with Crippen LogP contribution in [0.2, 0.25) is 0 Å². The Bertz CT molecular complexity index is 1420. The van der Waals surface area contributed by atoms with Crippen LogP contribution in [0, 0.1) is 27.7 Å². The van der Waals surface area contributed by atoms with Gasteiger partial charge in [-0.25, -0.2) is 4.79 Å². The van der Waals surface area contributed by atoms with Crippen molar-refractivity contribution in [1.29, 1.82) is 0 Å². The van der Waals surface area contributed by atoms with Crippen molar-refractivity contribution in [3.63, 3.8) is 0 Å². The number of aromatic nitrogens is 1. The van der Waals surface area contributed by atoms with E-state index in [4.69, 9.17) is 9.47 Å². The van der Waals surface area contributed by atoms with E-state index in [1.807, 2.05) is 71.0 Å². The first-order valence-electron chi connectivity index (χ1n) is 13.1. The monoisotopic (exact) mass is 546 g/mol. The number of nitrogens with zero attached hydrogens (tertiary/aromatic N) is 2. The maximum Gasteiger partial charge on any atom is 0.338 e. The first-order valence-corrected chi connectivity index (χ1v) is 13.9. The molecule has 0 saturated carbocycles. The number of aryl methyl sites for hydroxylation is 3. The van der Waals surface area contributed by atoms with Gasteiger partial charge in [-0.1, -0.05) is 25.5 Å². The quantitative estimate of drug-likeness (QED) is 0.158. The highest BCUT2D eigenvalue weighted by Crippen LogP contribution is 2.34. The lowest BCUT2D eigenvalue weighted by Gasteiger charge is -2.14. The van der Waals surface area contributed by atoms with Gasteiger partial charge in [0.05, 0.1) is 23.6 Å². The topological polar surface area (TPSA) is 77.8 Å². The number of carbonyl (C=O) groups excluding carboxylic acids is 3. The third-order valence-corrected chi connectivity index (χ3v) is 7.55. The van der Waals surface area contributed by atoms with Crippen LogP contribution in [0.3, 0.4) is 0 Å². The molecule has 3 aromatic rings. The van der Waals surface area contributed by atoms with Crippen molar-refractivity contribution in [3.8, 4) is 11.4 Å². The number of imide groups is 1. The fraction of sp³-hybridized carbons (Fsp3) is 0.323. The van der Waals surface area contributed by atoms with Crippen LogP contribution < -0.4 is 4.74 Å². The first-order chi connectivity index (χ1) is 18.7. The van der Waals surface area contributed by atoms with E-state index >= 15 is 0 Å². The highest BCUT2D eigenvalue weighted by molar-refractivity contribution is 8.18. The zero-order chi connectivity index (χ0) is 28.1. The first kappa shape index (κ1) is 28.2. The van der Waals surface area contributed by atoms with E-state index in [0.29, 0.717) is 17.1 Å². The molecule has 0 aliphatic carbocycles. The molecule has 1 fully saturated rings. The Hall–Kier alpha value is -3.78. The second-order valence-electron chi connectivity index (χ2n) is 9.65. The van der Waals surface area contributed by atoms with Gasteiger partial charge in [-0.05, 0) is 105 Å². The summed E-state index contributed by atoms with van der Waals surface area (Å²) >= 11 is 0.944. The smallest absolute Gasteiger partial charge is 0.338 e. The maximum atomic E-state index is 13.1. The molecule has 4 rings (SSSR count). The molecule has 0 unspecified atom stereocenters. The minimum Gasteiger partial charge on any atom is -0.491 e. The summed E-state index contributed by atoms with van der Waals surface area (Å²) < 4.78 is 13.2. The number of thioether (sulfide) groups is 1. The Kier molecular flexibility index (Phi) is 8.97. The van der Waals surface area contributed by atoms with Crippen LogP contribution in [0.25, 0.3) is 11.8 Å². The van der Waals surface area contributed by atoms with Gasteiger partial charge in [0.15, 0.2) is 0 Å². The van der Waals surface area contributed by atoms with Gasteiger partial charge < -0.3 is 14.0 Å². The Balaban J connectivity index is 1.45. The Labute approximate surface area is 233 Å². The fourth-order valence-electron chi connectivity index (χ4n) is 4.41. The Morgan fingerprint density at radius 2 is 1.72 bits per heavy atom. The van der Waals surface area contributed by atoms with Crippen molar-refractivity contribution < 1.29 is 23.9 Å². The van der Waals surface area contributed by atoms with E-state index in [1.165, 1.54) is 4.90 Å². The van der Waals surface area contributed by atoms with Gasteiger partial charge in [0.1, 0.15) is 12.4 Å². The molecule has 2 amide bonds. The van der Waals surface area contributed by atoms with Crippen molar-refractivity contribution in [2.75, 3.05) is 19.8 Å². The SMILES string of the molecule is CCCCOC(=O)c1ccc(-n2c(C)cc(/C=C3\SC(=O)N(CCOc4cc(C)ccc4C)C3=O)c2C)cc1. The molecule has 8 heteroatoms. The normalized spacial score (nSPS) is 14.4. The van der Waals surface area contributed by atoms with Gasteiger partial charge in [0.2, 0.25) is 0 Å². The predicted octanol–water partition coefficient (Wildman–Crippen LogP) is 6.78. The van der Waals surface area contributed by atoms with Gasteiger partial charge in [-0.3, -0.25) is 14.5 Å². The fourth-order valence-corrected chi connectivity index (χ4v) is 5.27. The molecule has 1 aromatic heterocycles. The molecule has 39 heavy (non-hydrogen) atoms. The lowest BCUT2D eigenvalue weighted by molar-refractivity contribution is -0.123. The van der Waals surface area contributed by atoms with Gasteiger partial charge >= 0.3 is 5.97 Å². The third kappa shape index (κ3) is 6.45. The molecule has 2 heterocycles. The molecule has 7 nitrogen and oxygen atoms in total. The summed E-state index contributed by atoms with van der Waals surface area (Å²) in [7, 11) is 0. The van der Waals surface area contributed by atoms with Crippen LogP contribution in [0.4, 0.5) is 4.79 Å². The van der Waals surface area contributed by atoms with Crippen LogP contribution in [0.15, 0.2) is 53.4 Å². The molecule has 0 N–H and O–H groups in total. The number of rotatable bonds is 10. The summed E-state index contributed by atoms with van der Waals surface area (Å²) in [6.07, 6.45) is 3.58. The average Bonchev–Trinajstić information content (AvgIpc) is 3.34. The number of amides is 2. The summed E-state index contributed by atoms with van der Waals surface area (Å²) in [4.78, 5) is 39.5. The number of unbranched alkanes of at least 4 members (excludes halogenated alkanes) is 1. The van der Waals surface area contributed by atoms with Crippen LogP contribution in [-0.2, 0) is 9.53 Å². The molecule has 1 aliphatic heterocycles. The summed E-state index contributed by atoms with van der Waals surface area (Å²) in [5.41, 5.74) is 6.25. The third-order valence-electron chi connectivity index (χ3n) is 6.64. The summed E-state index contributed by atoms with van der Waals surface area (Å²) in [5.74, 6) is 0.114. The second kappa shape index (κ2) is 12.4. The molecule has 1 aliphatic rings. The van der Waals surface area contributed by atoms with Crippen molar-refractivity contribution in [2.45, 2.75) is 47.5 Å². The summed E-state index contributed by atoms with van der Waals surface area (Å²) in [6.45, 7) is 10.8. The zero-order valence-corrected chi connectivity index (χ0v) is 23.9. The minimum atomic E-state index is -0.327.